The molecule has 0 aromatic heterocycles. The summed E-state index contributed by atoms with van der Waals surface area (Å²) in [4.78, 5) is 10.3. The zero-order valence-electron chi connectivity index (χ0n) is 9.32. The normalized spacial score (nSPS) is 17.1. The Labute approximate surface area is 103 Å². The van der Waals surface area contributed by atoms with Crippen molar-refractivity contribution in [2.75, 3.05) is 0 Å². The van der Waals surface area contributed by atoms with Gasteiger partial charge in [-0.1, -0.05) is 51.4 Å². The number of hydrogen-bond acceptors (Lipinski definition) is 1. The average molecular weight is 257 g/mol. The van der Waals surface area contributed by atoms with Gasteiger partial charge in [0.2, 0.25) is 0 Å². The van der Waals surface area contributed by atoms with Crippen molar-refractivity contribution in [3.8, 4) is 0 Å². The number of rotatable bonds is 6. The minimum absolute atomic E-state index is 0. The van der Waals surface area contributed by atoms with Gasteiger partial charge < -0.3 is 5.11 Å². The molecular formula is C12H22NiO2. The van der Waals surface area contributed by atoms with Crippen LogP contribution in [0.3, 0.4) is 0 Å². The molecule has 0 atom stereocenters. The minimum Gasteiger partial charge on any atom is -0.481 e. The van der Waals surface area contributed by atoms with Gasteiger partial charge in [-0.05, 0) is 12.3 Å². The third-order valence-corrected chi connectivity index (χ3v) is 3.23. The summed E-state index contributed by atoms with van der Waals surface area (Å²) < 4.78 is 0. The van der Waals surface area contributed by atoms with Crippen LogP contribution in [0.5, 0.6) is 0 Å². The van der Waals surface area contributed by atoms with Gasteiger partial charge in [0.15, 0.2) is 0 Å². The molecule has 0 saturated heterocycles. The number of aliphatic carboxylic acids is 1. The molecule has 92 valence electrons. The van der Waals surface area contributed by atoms with Crippen molar-refractivity contribution in [2.45, 2.75) is 64.2 Å². The van der Waals surface area contributed by atoms with E-state index in [9.17, 15) is 4.79 Å². The second kappa shape index (κ2) is 9.21. The molecule has 0 aliphatic heterocycles. The molecule has 1 N–H and O–H groups in total. The Balaban J connectivity index is 0.00000196. The SMILES string of the molecule is O=C(O)CCCCCC1CCCCC1.[Ni]. The summed E-state index contributed by atoms with van der Waals surface area (Å²) in [6, 6.07) is 0. The Morgan fingerprint density at radius 1 is 1.07 bits per heavy atom. The number of carbonyl (C=O) groups is 1. The second-order valence-corrected chi connectivity index (χ2v) is 4.50. The summed E-state index contributed by atoms with van der Waals surface area (Å²) in [5.41, 5.74) is 0. The first-order valence-electron chi connectivity index (χ1n) is 6.01. The van der Waals surface area contributed by atoms with E-state index in [-0.39, 0.29) is 16.5 Å². The Morgan fingerprint density at radius 2 is 1.73 bits per heavy atom. The molecule has 0 unspecified atom stereocenters. The topological polar surface area (TPSA) is 37.3 Å². The Hall–Kier alpha value is -0.0365. The van der Waals surface area contributed by atoms with Gasteiger partial charge in [-0.2, -0.15) is 0 Å². The molecule has 0 amide bonds. The molecule has 1 fully saturated rings. The summed E-state index contributed by atoms with van der Waals surface area (Å²) >= 11 is 0. The quantitative estimate of drug-likeness (QED) is 0.583. The van der Waals surface area contributed by atoms with E-state index in [1.54, 1.807) is 0 Å². The first-order chi connectivity index (χ1) is 6.79. The predicted octanol–water partition coefficient (Wildman–Crippen LogP) is 3.60. The molecule has 15 heavy (non-hydrogen) atoms. The summed E-state index contributed by atoms with van der Waals surface area (Å²) in [6.07, 6.45) is 12.0. The zero-order valence-corrected chi connectivity index (χ0v) is 10.3. The molecule has 1 rings (SSSR count). The van der Waals surface area contributed by atoms with Crippen molar-refractivity contribution in [2.24, 2.45) is 5.92 Å². The molecule has 3 heteroatoms. The summed E-state index contributed by atoms with van der Waals surface area (Å²) in [7, 11) is 0. The van der Waals surface area contributed by atoms with Crippen LogP contribution in [0, 0.1) is 5.92 Å². The van der Waals surface area contributed by atoms with Crippen molar-refractivity contribution in [3.05, 3.63) is 0 Å². The van der Waals surface area contributed by atoms with Crippen molar-refractivity contribution in [1.29, 1.82) is 0 Å². The first kappa shape index (κ1) is 15.0. The maximum atomic E-state index is 10.3. The molecule has 0 heterocycles. The van der Waals surface area contributed by atoms with E-state index in [0.29, 0.717) is 6.42 Å². The van der Waals surface area contributed by atoms with Crippen LogP contribution < -0.4 is 0 Å². The zero-order chi connectivity index (χ0) is 10.2. The Kier molecular flexibility index (Phi) is 9.19. The molecule has 2 nitrogen and oxygen atoms in total. The number of carboxylic acid groups (broad SMARTS) is 1. The fourth-order valence-corrected chi connectivity index (χ4v) is 2.36. The molecule has 1 saturated carbocycles. The molecule has 1 aliphatic rings. The van der Waals surface area contributed by atoms with Gasteiger partial charge in [-0.15, -0.1) is 0 Å². The number of hydrogen-bond donors (Lipinski definition) is 1. The van der Waals surface area contributed by atoms with Gasteiger partial charge in [0, 0.05) is 22.9 Å². The van der Waals surface area contributed by atoms with Crippen LogP contribution >= 0.6 is 0 Å². The van der Waals surface area contributed by atoms with Crippen molar-refractivity contribution >= 4 is 5.97 Å². The third-order valence-electron chi connectivity index (χ3n) is 3.23. The molecule has 0 aromatic carbocycles. The molecule has 0 radical (unpaired) electrons. The minimum atomic E-state index is -0.650. The van der Waals surface area contributed by atoms with E-state index >= 15 is 0 Å². The van der Waals surface area contributed by atoms with E-state index in [1.165, 1.54) is 44.9 Å². The van der Waals surface area contributed by atoms with Crippen LogP contribution in [-0.4, -0.2) is 11.1 Å². The smallest absolute Gasteiger partial charge is 0.303 e. The number of carboxylic acids is 1. The molecule has 0 aromatic rings. The van der Waals surface area contributed by atoms with Gasteiger partial charge in [-0.3, -0.25) is 4.79 Å². The van der Waals surface area contributed by atoms with Gasteiger partial charge in [0.25, 0.3) is 0 Å². The van der Waals surface area contributed by atoms with Crippen molar-refractivity contribution in [3.63, 3.8) is 0 Å². The van der Waals surface area contributed by atoms with E-state index in [0.717, 1.165) is 18.8 Å². The fraction of sp³-hybridized carbons (Fsp3) is 0.917. The predicted molar refractivity (Wildman–Crippen MR) is 57.3 cm³/mol. The number of unbranched alkanes of at least 4 members (excludes halogenated alkanes) is 2. The average Bonchev–Trinajstić information content (AvgIpc) is 2.18. The largest absolute Gasteiger partial charge is 0.481 e. The van der Waals surface area contributed by atoms with Crippen LogP contribution in [0.2, 0.25) is 0 Å². The van der Waals surface area contributed by atoms with E-state index in [1.807, 2.05) is 0 Å². The Bertz CT molecular complexity index is 165. The Morgan fingerprint density at radius 3 is 2.33 bits per heavy atom. The monoisotopic (exact) mass is 256 g/mol. The molecule has 1 aliphatic carbocycles. The van der Waals surface area contributed by atoms with Crippen LogP contribution in [0.4, 0.5) is 0 Å². The van der Waals surface area contributed by atoms with Gasteiger partial charge >= 0.3 is 5.97 Å². The van der Waals surface area contributed by atoms with E-state index in [4.69, 9.17) is 5.11 Å². The van der Waals surface area contributed by atoms with E-state index in [2.05, 4.69) is 0 Å². The maximum absolute atomic E-state index is 10.3. The first-order valence-corrected chi connectivity index (χ1v) is 6.01. The second-order valence-electron chi connectivity index (χ2n) is 4.50. The molecular weight excluding hydrogens is 235 g/mol. The van der Waals surface area contributed by atoms with Crippen LogP contribution in [0.15, 0.2) is 0 Å². The standard InChI is InChI=1S/C12H22O2.Ni/c13-12(14)10-6-2-5-9-11-7-3-1-4-8-11;/h11H,1-10H2,(H,13,14);. The van der Waals surface area contributed by atoms with Crippen LogP contribution in [0.1, 0.15) is 64.2 Å². The molecule has 0 bridgehead atoms. The summed E-state index contributed by atoms with van der Waals surface area (Å²) in [5, 5.41) is 8.46. The molecule has 0 spiro atoms. The summed E-state index contributed by atoms with van der Waals surface area (Å²) in [5.74, 6) is 0.302. The van der Waals surface area contributed by atoms with Crippen LogP contribution in [-0.2, 0) is 21.3 Å². The van der Waals surface area contributed by atoms with Crippen molar-refractivity contribution in [1.82, 2.24) is 0 Å². The van der Waals surface area contributed by atoms with Crippen molar-refractivity contribution < 1.29 is 26.4 Å². The van der Waals surface area contributed by atoms with Gasteiger partial charge in [0.05, 0.1) is 0 Å². The maximum Gasteiger partial charge on any atom is 0.303 e. The van der Waals surface area contributed by atoms with Crippen LogP contribution in [0.25, 0.3) is 0 Å². The third kappa shape index (κ3) is 7.84. The van der Waals surface area contributed by atoms with Gasteiger partial charge in [-0.25, -0.2) is 0 Å². The van der Waals surface area contributed by atoms with E-state index < -0.39 is 5.97 Å². The van der Waals surface area contributed by atoms with Gasteiger partial charge in [0.1, 0.15) is 0 Å². The fourth-order valence-electron chi connectivity index (χ4n) is 2.36. The summed E-state index contributed by atoms with van der Waals surface area (Å²) in [6.45, 7) is 0.